The second-order valence-electron chi connectivity index (χ2n) is 7.61. The van der Waals surface area contributed by atoms with E-state index in [4.69, 9.17) is 16.3 Å². The summed E-state index contributed by atoms with van der Waals surface area (Å²) in [6, 6.07) is 7.70. The molecule has 2 N–H and O–H groups in total. The lowest BCUT2D eigenvalue weighted by molar-refractivity contribution is 0.184. The van der Waals surface area contributed by atoms with Gasteiger partial charge in [0.15, 0.2) is 5.82 Å². The molecule has 4 rings (SSSR count). The van der Waals surface area contributed by atoms with Gasteiger partial charge in [-0.15, -0.1) is 0 Å². The normalized spacial score (nSPS) is 16.6. The predicted molar refractivity (Wildman–Crippen MR) is 121 cm³/mol. The standard InChI is InChI=1S/C20H24ClN6O2P/c1-13-17(11-23-27(13)14-8-9-29-12-14)25-20-22-10-15(21)19(26-20)24-16-6-4-5-7-18(16)30(2,3)28/h4-7,10-11,14H,8-9,12H2,1-3H3,(H2,22,24,25,26). The molecule has 0 bridgehead atoms. The van der Waals surface area contributed by atoms with E-state index in [1.54, 1.807) is 19.5 Å². The van der Waals surface area contributed by atoms with E-state index in [1.165, 1.54) is 6.20 Å². The molecule has 10 heteroatoms. The van der Waals surface area contributed by atoms with Crippen molar-refractivity contribution in [3.63, 3.8) is 0 Å². The maximum atomic E-state index is 12.6. The lowest BCUT2D eigenvalue weighted by Crippen LogP contribution is -2.12. The van der Waals surface area contributed by atoms with Gasteiger partial charge >= 0.3 is 0 Å². The smallest absolute Gasteiger partial charge is 0.229 e. The van der Waals surface area contributed by atoms with Gasteiger partial charge in [-0.2, -0.15) is 10.1 Å². The van der Waals surface area contributed by atoms with Gasteiger partial charge in [0.25, 0.3) is 0 Å². The molecule has 2 aromatic heterocycles. The van der Waals surface area contributed by atoms with Crippen molar-refractivity contribution in [2.45, 2.75) is 19.4 Å². The summed E-state index contributed by atoms with van der Waals surface area (Å²) in [7, 11) is -2.47. The van der Waals surface area contributed by atoms with Crippen molar-refractivity contribution in [3.05, 3.63) is 47.4 Å². The van der Waals surface area contributed by atoms with E-state index in [-0.39, 0.29) is 6.04 Å². The highest BCUT2D eigenvalue weighted by Crippen LogP contribution is 2.38. The molecule has 158 valence electrons. The quantitative estimate of drug-likeness (QED) is 0.544. The topological polar surface area (TPSA) is 94.0 Å². The van der Waals surface area contributed by atoms with Crippen LogP contribution in [-0.4, -0.2) is 46.3 Å². The number of hydrogen-bond acceptors (Lipinski definition) is 7. The van der Waals surface area contributed by atoms with Crippen LogP contribution in [0.15, 0.2) is 36.7 Å². The first-order chi connectivity index (χ1) is 14.3. The summed E-state index contributed by atoms with van der Waals surface area (Å²) in [6.07, 6.45) is 4.24. The van der Waals surface area contributed by atoms with Gasteiger partial charge in [-0.25, -0.2) is 4.98 Å². The maximum Gasteiger partial charge on any atom is 0.229 e. The Morgan fingerprint density at radius 3 is 2.73 bits per heavy atom. The molecule has 3 heterocycles. The first kappa shape index (κ1) is 20.8. The van der Waals surface area contributed by atoms with Crippen LogP contribution in [0.3, 0.4) is 0 Å². The molecule has 0 radical (unpaired) electrons. The molecule has 8 nitrogen and oxygen atoms in total. The lowest BCUT2D eigenvalue weighted by atomic mass is 10.2. The van der Waals surface area contributed by atoms with E-state index >= 15 is 0 Å². The van der Waals surface area contributed by atoms with Gasteiger partial charge in [-0.1, -0.05) is 23.7 Å². The van der Waals surface area contributed by atoms with Crippen molar-refractivity contribution < 1.29 is 9.30 Å². The Morgan fingerprint density at radius 1 is 1.20 bits per heavy atom. The number of benzene rings is 1. The zero-order chi connectivity index (χ0) is 21.3. The minimum absolute atomic E-state index is 0.249. The fraction of sp³-hybridized carbons (Fsp3) is 0.350. The van der Waals surface area contributed by atoms with Gasteiger partial charge in [-0.3, -0.25) is 4.68 Å². The molecular formula is C20H24ClN6O2P. The van der Waals surface area contributed by atoms with Gasteiger partial charge in [0, 0.05) is 11.9 Å². The number of nitrogens with one attached hydrogen (secondary N) is 2. The van der Waals surface area contributed by atoms with Crippen LogP contribution in [0.5, 0.6) is 0 Å². The second-order valence-corrected chi connectivity index (χ2v) is 11.2. The number of ether oxygens (including phenoxy) is 1. The Kier molecular flexibility index (Phi) is 5.82. The average molecular weight is 447 g/mol. The highest BCUT2D eigenvalue weighted by Gasteiger charge is 2.22. The molecule has 0 amide bonds. The first-order valence-corrected chi connectivity index (χ1v) is 12.6. The number of nitrogens with zero attached hydrogens (tertiary/aromatic N) is 4. The second kappa shape index (κ2) is 8.38. The maximum absolute atomic E-state index is 12.6. The Bertz CT molecular complexity index is 1110. The van der Waals surface area contributed by atoms with Crippen molar-refractivity contribution in [2.24, 2.45) is 0 Å². The Balaban J connectivity index is 1.59. The van der Waals surface area contributed by atoms with Gasteiger partial charge in [0.05, 0.1) is 42.1 Å². The van der Waals surface area contributed by atoms with E-state index < -0.39 is 7.14 Å². The van der Waals surface area contributed by atoms with E-state index in [0.29, 0.717) is 29.1 Å². The van der Waals surface area contributed by atoms with E-state index in [2.05, 4.69) is 25.7 Å². The minimum atomic E-state index is -2.47. The number of aromatic nitrogens is 4. The molecule has 1 atom stereocenters. The predicted octanol–water partition coefficient (Wildman–Crippen LogP) is 4.33. The Hall–Kier alpha value is -2.41. The third-order valence-electron chi connectivity index (χ3n) is 5.02. The largest absolute Gasteiger partial charge is 0.379 e. The molecule has 1 saturated heterocycles. The van der Waals surface area contributed by atoms with Gasteiger partial charge in [-0.05, 0) is 38.8 Å². The number of para-hydroxylation sites is 1. The van der Waals surface area contributed by atoms with Crippen LogP contribution in [0.4, 0.5) is 23.1 Å². The molecule has 1 unspecified atom stereocenters. The third kappa shape index (κ3) is 4.36. The van der Waals surface area contributed by atoms with E-state index in [1.807, 2.05) is 35.9 Å². The number of rotatable bonds is 6. The zero-order valence-electron chi connectivity index (χ0n) is 17.1. The molecule has 3 aromatic rings. The minimum Gasteiger partial charge on any atom is -0.379 e. The van der Waals surface area contributed by atoms with Gasteiger partial charge in [0.1, 0.15) is 12.2 Å². The third-order valence-corrected chi connectivity index (χ3v) is 6.85. The van der Waals surface area contributed by atoms with Crippen molar-refractivity contribution in [1.82, 2.24) is 19.7 Å². The summed E-state index contributed by atoms with van der Waals surface area (Å²) in [5.41, 5.74) is 2.52. The fourth-order valence-electron chi connectivity index (χ4n) is 3.44. The number of halogens is 1. The SMILES string of the molecule is Cc1c(Nc2ncc(Cl)c(Nc3ccccc3P(C)(C)=O)n2)cnn1C1CCOC1. The number of anilines is 4. The highest BCUT2D eigenvalue weighted by atomic mass is 35.5. The molecule has 1 aliphatic heterocycles. The molecule has 30 heavy (non-hydrogen) atoms. The highest BCUT2D eigenvalue weighted by molar-refractivity contribution is 7.70. The van der Waals surface area contributed by atoms with Crippen LogP contribution < -0.4 is 15.9 Å². The molecule has 1 aliphatic rings. The summed E-state index contributed by atoms with van der Waals surface area (Å²) in [5.74, 6) is 0.824. The average Bonchev–Trinajstić information content (AvgIpc) is 3.34. The number of hydrogen-bond donors (Lipinski definition) is 2. The zero-order valence-corrected chi connectivity index (χ0v) is 18.7. The lowest BCUT2D eigenvalue weighted by Gasteiger charge is -2.16. The van der Waals surface area contributed by atoms with Crippen LogP contribution in [0.25, 0.3) is 0 Å². The van der Waals surface area contributed by atoms with Crippen molar-refractivity contribution in [2.75, 3.05) is 37.2 Å². The van der Waals surface area contributed by atoms with Crippen LogP contribution in [0.1, 0.15) is 18.2 Å². The van der Waals surface area contributed by atoms with Gasteiger partial charge in [0.2, 0.25) is 5.95 Å². The summed E-state index contributed by atoms with van der Waals surface area (Å²) < 4.78 is 20.1. The summed E-state index contributed by atoms with van der Waals surface area (Å²) in [5, 5.41) is 12.0. The molecule has 0 spiro atoms. The van der Waals surface area contributed by atoms with Crippen LogP contribution in [0, 0.1) is 6.92 Å². The summed E-state index contributed by atoms with van der Waals surface area (Å²) in [4.78, 5) is 8.80. The molecule has 1 fully saturated rings. The van der Waals surface area contributed by atoms with E-state index in [0.717, 1.165) is 29.7 Å². The molecule has 0 saturated carbocycles. The van der Waals surface area contributed by atoms with Gasteiger partial charge < -0.3 is 19.9 Å². The first-order valence-electron chi connectivity index (χ1n) is 9.66. The van der Waals surface area contributed by atoms with E-state index in [9.17, 15) is 4.57 Å². The van der Waals surface area contributed by atoms with Crippen LogP contribution in [-0.2, 0) is 9.30 Å². The van der Waals surface area contributed by atoms with Crippen molar-refractivity contribution in [1.29, 1.82) is 0 Å². The Labute approximate surface area is 180 Å². The fourth-order valence-corrected chi connectivity index (χ4v) is 4.74. The summed E-state index contributed by atoms with van der Waals surface area (Å²) >= 11 is 6.32. The van der Waals surface area contributed by atoms with Crippen molar-refractivity contribution >= 4 is 47.2 Å². The molecule has 1 aromatic carbocycles. The van der Waals surface area contributed by atoms with Crippen molar-refractivity contribution in [3.8, 4) is 0 Å². The summed E-state index contributed by atoms with van der Waals surface area (Å²) in [6.45, 7) is 6.90. The molecular weight excluding hydrogens is 423 g/mol. The van der Waals surface area contributed by atoms with Crippen LogP contribution in [0.2, 0.25) is 5.02 Å². The monoisotopic (exact) mass is 446 g/mol. The van der Waals surface area contributed by atoms with Crippen LogP contribution >= 0.6 is 18.7 Å². The molecule has 0 aliphatic carbocycles. The Morgan fingerprint density at radius 2 is 2.00 bits per heavy atom.